The molecule has 0 radical (unpaired) electrons. The first-order valence-corrected chi connectivity index (χ1v) is 4.71. The van der Waals surface area contributed by atoms with Gasteiger partial charge in [-0.1, -0.05) is 0 Å². The molecule has 0 saturated heterocycles. The van der Waals surface area contributed by atoms with Crippen LogP contribution in [0.5, 0.6) is 0 Å². The normalized spacial score (nSPS) is 19.9. The van der Waals surface area contributed by atoms with E-state index < -0.39 is 18.1 Å². The predicted octanol–water partition coefficient (Wildman–Crippen LogP) is -0.263. The Balaban J connectivity index is 2.37. The highest BCUT2D eigenvalue weighted by atomic mass is 16.4. The summed E-state index contributed by atoms with van der Waals surface area (Å²) in [5.41, 5.74) is 0. The molecule has 0 spiro atoms. The van der Waals surface area contributed by atoms with Gasteiger partial charge in [0.1, 0.15) is 0 Å². The standard InChI is InChI=1S/C9H15NO4/c1-5(11)8(9(13)14)10-7(12)4-6-2-3-6/h5-6,8,11H,2-4H2,1H3,(H,10,12)(H,13,14)/t5-,8+/m1/s1. The number of nitrogens with one attached hydrogen (secondary N) is 1. The molecule has 0 heterocycles. The van der Waals surface area contributed by atoms with E-state index in [2.05, 4.69) is 5.32 Å². The van der Waals surface area contributed by atoms with Gasteiger partial charge in [0.25, 0.3) is 0 Å². The van der Waals surface area contributed by atoms with E-state index >= 15 is 0 Å². The van der Waals surface area contributed by atoms with Crippen LogP contribution in [0.3, 0.4) is 0 Å². The average Bonchev–Trinajstić information content (AvgIpc) is 2.82. The summed E-state index contributed by atoms with van der Waals surface area (Å²) < 4.78 is 0. The van der Waals surface area contributed by atoms with Gasteiger partial charge in [0.2, 0.25) is 5.91 Å². The second-order valence-corrected chi connectivity index (χ2v) is 3.77. The molecule has 5 nitrogen and oxygen atoms in total. The molecule has 1 amide bonds. The van der Waals surface area contributed by atoms with Gasteiger partial charge in [-0.25, -0.2) is 4.79 Å². The number of carboxylic acids is 1. The highest BCUT2D eigenvalue weighted by molar-refractivity contribution is 5.84. The molecule has 1 aliphatic rings. The molecule has 1 rings (SSSR count). The number of carbonyl (C=O) groups is 2. The van der Waals surface area contributed by atoms with Crippen molar-refractivity contribution in [1.29, 1.82) is 0 Å². The van der Waals surface area contributed by atoms with Crippen LogP contribution in [0.2, 0.25) is 0 Å². The Kier molecular flexibility index (Phi) is 3.46. The summed E-state index contributed by atoms with van der Waals surface area (Å²) in [5.74, 6) is -1.08. The number of aliphatic hydroxyl groups excluding tert-OH is 1. The third-order valence-corrected chi connectivity index (χ3v) is 2.24. The summed E-state index contributed by atoms with van der Waals surface area (Å²) >= 11 is 0. The van der Waals surface area contributed by atoms with Crippen molar-refractivity contribution in [2.45, 2.75) is 38.3 Å². The molecule has 0 aromatic carbocycles. The second-order valence-electron chi connectivity index (χ2n) is 3.77. The molecular formula is C9H15NO4. The van der Waals surface area contributed by atoms with Crippen LogP contribution in [-0.2, 0) is 9.59 Å². The predicted molar refractivity (Wildman–Crippen MR) is 48.6 cm³/mol. The van der Waals surface area contributed by atoms with Gasteiger partial charge >= 0.3 is 5.97 Å². The smallest absolute Gasteiger partial charge is 0.328 e. The minimum Gasteiger partial charge on any atom is -0.480 e. The number of carboxylic acid groups (broad SMARTS) is 1. The Morgan fingerprint density at radius 1 is 1.50 bits per heavy atom. The molecule has 1 fully saturated rings. The molecule has 80 valence electrons. The van der Waals surface area contributed by atoms with Crippen molar-refractivity contribution in [3.63, 3.8) is 0 Å². The van der Waals surface area contributed by atoms with E-state index in [0.29, 0.717) is 12.3 Å². The lowest BCUT2D eigenvalue weighted by Gasteiger charge is -2.16. The minimum atomic E-state index is -1.20. The number of hydrogen-bond acceptors (Lipinski definition) is 3. The first-order valence-electron chi connectivity index (χ1n) is 4.71. The molecule has 0 aromatic rings. The molecular weight excluding hydrogens is 186 g/mol. The van der Waals surface area contributed by atoms with E-state index in [1.54, 1.807) is 0 Å². The maximum atomic E-state index is 11.2. The van der Waals surface area contributed by atoms with Gasteiger partial charge in [0.15, 0.2) is 6.04 Å². The third kappa shape index (κ3) is 3.33. The van der Waals surface area contributed by atoms with E-state index in [9.17, 15) is 9.59 Å². The Morgan fingerprint density at radius 3 is 2.43 bits per heavy atom. The monoisotopic (exact) mass is 201 g/mol. The summed E-state index contributed by atoms with van der Waals surface area (Å²) in [6, 6.07) is -1.19. The van der Waals surface area contributed by atoms with E-state index in [1.165, 1.54) is 6.92 Å². The maximum Gasteiger partial charge on any atom is 0.328 e. The van der Waals surface area contributed by atoms with Crippen LogP contribution in [0.1, 0.15) is 26.2 Å². The van der Waals surface area contributed by atoms with Gasteiger partial charge in [-0.2, -0.15) is 0 Å². The van der Waals surface area contributed by atoms with Crippen LogP contribution < -0.4 is 5.32 Å². The maximum absolute atomic E-state index is 11.2. The molecule has 3 N–H and O–H groups in total. The van der Waals surface area contributed by atoms with Crippen LogP contribution in [0, 0.1) is 5.92 Å². The number of aliphatic carboxylic acids is 1. The fourth-order valence-electron chi connectivity index (χ4n) is 1.21. The zero-order chi connectivity index (χ0) is 10.7. The van der Waals surface area contributed by atoms with Gasteiger partial charge in [0.05, 0.1) is 6.10 Å². The quantitative estimate of drug-likeness (QED) is 0.571. The molecule has 2 atom stereocenters. The molecule has 14 heavy (non-hydrogen) atoms. The minimum absolute atomic E-state index is 0.291. The van der Waals surface area contributed by atoms with Crippen molar-refractivity contribution in [3.05, 3.63) is 0 Å². The first kappa shape index (κ1) is 11.0. The van der Waals surface area contributed by atoms with Crippen molar-refractivity contribution in [2.75, 3.05) is 0 Å². The fourth-order valence-corrected chi connectivity index (χ4v) is 1.21. The van der Waals surface area contributed by atoms with Crippen LogP contribution >= 0.6 is 0 Å². The van der Waals surface area contributed by atoms with Crippen LogP contribution in [0.15, 0.2) is 0 Å². The molecule has 0 aliphatic heterocycles. The van der Waals surface area contributed by atoms with Gasteiger partial charge in [-0.3, -0.25) is 4.79 Å². The van der Waals surface area contributed by atoms with Gasteiger partial charge in [-0.05, 0) is 25.7 Å². The zero-order valence-corrected chi connectivity index (χ0v) is 8.06. The first-order chi connectivity index (χ1) is 6.50. The summed E-state index contributed by atoms with van der Waals surface area (Å²) in [6.45, 7) is 1.34. The third-order valence-electron chi connectivity index (χ3n) is 2.24. The van der Waals surface area contributed by atoms with Crippen molar-refractivity contribution < 1.29 is 19.8 Å². The Bertz CT molecular complexity index is 235. The molecule has 0 aromatic heterocycles. The Morgan fingerprint density at radius 2 is 2.07 bits per heavy atom. The highest BCUT2D eigenvalue weighted by Gasteiger charge is 2.29. The van der Waals surface area contributed by atoms with E-state index in [4.69, 9.17) is 10.2 Å². The van der Waals surface area contributed by atoms with Crippen molar-refractivity contribution in [1.82, 2.24) is 5.32 Å². The number of hydrogen-bond donors (Lipinski definition) is 3. The lowest BCUT2D eigenvalue weighted by Crippen LogP contribution is -2.47. The van der Waals surface area contributed by atoms with Crippen molar-refractivity contribution in [3.8, 4) is 0 Å². The van der Waals surface area contributed by atoms with Gasteiger partial charge in [0, 0.05) is 6.42 Å². The molecule has 1 saturated carbocycles. The zero-order valence-electron chi connectivity index (χ0n) is 8.06. The lowest BCUT2D eigenvalue weighted by molar-refractivity contribution is -0.144. The van der Waals surface area contributed by atoms with Crippen LogP contribution in [-0.4, -0.2) is 34.2 Å². The largest absolute Gasteiger partial charge is 0.480 e. The van der Waals surface area contributed by atoms with Crippen LogP contribution in [0.4, 0.5) is 0 Å². The average molecular weight is 201 g/mol. The summed E-state index contributed by atoms with van der Waals surface area (Å²) in [6.07, 6.45) is 1.38. The molecule has 0 bridgehead atoms. The molecule has 0 unspecified atom stereocenters. The fraction of sp³-hybridized carbons (Fsp3) is 0.778. The lowest BCUT2D eigenvalue weighted by atomic mass is 10.1. The Hall–Kier alpha value is -1.10. The van der Waals surface area contributed by atoms with Crippen LogP contribution in [0.25, 0.3) is 0 Å². The number of carbonyl (C=O) groups excluding carboxylic acids is 1. The van der Waals surface area contributed by atoms with Crippen molar-refractivity contribution >= 4 is 11.9 Å². The number of aliphatic hydroxyl groups is 1. The van der Waals surface area contributed by atoms with E-state index in [-0.39, 0.29) is 5.91 Å². The summed E-state index contributed by atoms with van der Waals surface area (Å²) in [5, 5.41) is 20.1. The van der Waals surface area contributed by atoms with Gasteiger partial charge in [-0.15, -0.1) is 0 Å². The topological polar surface area (TPSA) is 86.6 Å². The van der Waals surface area contributed by atoms with Gasteiger partial charge < -0.3 is 15.5 Å². The second kappa shape index (κ2) is 4.41. The molecule has 1 aliphatic carbocycles. The number of amides is 1. The van der Waals surface area contributed by atoms with E-state index in [1.807, 2.05) is 0 Å². The molecule has 5 heteroatoms. The highest BCUT2D eigenvalue weighted by Crippen LogP contribution is 2.32. The number of rotatable bonds is 5. The summed E-state index contributed by atoms with van der Waals surface area (Å²) in [4.78, 5) is 21.8. The van der Waals surface area contributed by atoms with Crippen molar-refractivity contribution in [2.24, 2.45) is 5.92 Å². The van der Waals surface area contributed by atoms with E-state index in [0.717, 1.165) is 12.8 Å². The Labute approximate surface area is 82.1 Å². The summed E-state index contributed by atoms with van der Waals surface area (Å²) in [7, 11) is 0. The SMILES string of the molecule is C[C@@H](O)[C@H](NC(=O)CC1CC1)C(=O)O.